The fraction of sp³-hybridized carbons (Fsp3) is 1.00. The van der Waals surface area contributed by atoms with E-state index in [4.69, 9.17) is 16.3 Å². The van der Waals surface area contributed by atoms with Crippen LogP contribution in [0.5, 0.6) is 0 Å². The smallest absolute Gasteiger partial charge is 0.211 e. The Morgan fingerprint density at radius 1 is 1.57 bits per heavy atom. The molecule has 1 rings (SSSR count). The van der Waals surface area contributed by atoms with Crippen LogP contribution in [0.1, 0.15) is 13.8 Å². The summed E-state index contributed by atoms with van der Waals surface area (Å²) < 4.78 is 29.8. The van der Waals surface area contributed by atoms with Crippen LogP contribution in [0.15, 0.2) is 0 Å². The van der Waals surface area contributed by atoms with Crippen molar-refractivity contribution in [2.24, 2.45) is 0 Å². The van der Waals surface area contributed by atoms with E-state index in [2.05, 4.69) is 0 Å². The van der Waals surface area contributed by atoms with Crippen molar-refractivity contribution in [1.29, 1.82) is 0 Å². The molecule has 0 aromatic heterocycles. The molecule has 4 nitrogen and oxygen atoms in total. The lowest BCUT2D eigenvalue weighted by atomic mass is 10.1. The molecule has 14 heavy (non-hydrogen) atoms. The lowest BCUT2D eigenvalue weighted by molar-refractivity contribution is -0.107. The van der Waals surface area contributed by atoms with Crippen LogP contribution in [0.25, 0.3) is 0 Å². The molecule has 1 aliphatic heterocycles. The molecule has 84 valence electrons. The van der Waals surface area contributed by atoms with Gasteiger partial charge in [0.1, 0.15) is 0 Å². The van der Waals surface area contributed by atoms with Crippen molar-refractivity contribution in [2.45, 2.75) is 25.6 Å². The van der Waals surface area contributed by atoms with Crippen LogP contribution in [0.3, 0.4) is 0 Å². The van der Waals surface area contributed by atoms with Crippen LogP contribution in [0, 0.1) is 0 Å². The van der Waals surface area contributed by atoms with E-state index in [0.717, 1.165) is 0 Å². The van der Waals surface area contributed by atoms with Crippen LogP contribution in [0.4, 0.5) is 0 Å². The number of rotatable bonds is 2. The summed E-state index contributed by atoms with van der Waals surface area (Å²) in [6.45, 7) is 4.47. The third-order valence-corrected chi connectivity index (χ3v) is 3.65. The first kappa shape index (κ1) is 12.2. The molecule has 0 spiro atoms. The monoisotopic (exact) mass is 241 g/mol. The number of halogens is 1. The van der Waals surface area contributed by atoms with Gasteiger partial charge in [-0.3, -0.25) is 0 Å². The van der Waals surface area contributed by atoms with Gasteiger partial charge in [-0.05, 0) is 13.8 Å². The molecule has 6 heteroatoms. The van der Waals surface area contributed by atoms with E-state index >= 15 is 0 Å². The minimum absolute atomic E-state index is 0.213. The van der Waals surface area contributed by atoms with Gasteiger partial charge < -0.3 is 4.74 Å². The molecule has 1 fully saturated rings. The first-order valence-electron chi connectivity index (χ1n) is 4.43. The Bertz CT molecular complexity index is 302. The Balaban J connectivity index is 2.81. The molecule has 0 aromatic rings. The summed E-state index contributed by atoms with van der Waals surface area (Å²) in [5.74, 6) is 0.315. The summed E-state index contributed by atoms with van der Waals surface area (Å²) in [6.07, 6.45) is 0.995. The van der Waals surface area contributed by atoms with Gasteiger partial charge in [-0.25, -0.2) is 8.42 Å². The quantitative estimate of drug-likeness (QED) is 0.668. The molecule has 1 heterocycles. The van der Waals surface area contributed by atoms with E-state index in [1.807, 2.05) is 13.8 Å². The Hall–Kier alpha value is 0.160. The van der Waals surface area contributed by atoms with E-state index in [-0.39, 0.29) is 6.10 Å². The molecule has 1 atom stereocenters. The summed E-state index contributed by atoms with van der Waals surface area (Å²) in [5.41, 5.74) is -0.457. The Morgan fingerprint density at radius 2 is 2.14 bits per heavy atom. The van der Waals surface area contributed by atoms with E-state index < -0.39 is 15.6 Å². The third kappa shape index (κ3) is 3.08. The normalized spacial score (nSPS) is 29.0. The first-order chi connectivity index (χ1) is 6.24. The fourth-order valence-electron chi connectivity index (χ4n) is 1.58. The van der Waals surface area contributed by atoms with Crippen molar-refractivity contribution in [1.82, 2.24) is 4.31 Å². The SMILES string of the molecule is CC1(C)CN(S(C)(=O)=O)CC(CCl)O1. The topological polar surface area (TPSA) is 46.6 Å². The summed E-state index contributed by atoms with van der Waals surface area (Å²) in [4.78, 5) is 0. The molecule has 0 bridgehead atoms. The maximum atomic E-state index is 11.4. The maximum absolute atomic E-state index is 11.4. The summed E-state index contributed by atoms with van der Waals surface area (Å²) in [5, 5.41) is 0. The van der Waals surface area contributed by atoms with Crippen molar-refractivity contribution in [2.75, 3.05) is 25.2 Å². The Labute approximate surface area is 90.2 Å². The van der Waals surface area contributed by atoms with Crippen LogP contribution < -0.4 is 0 Å². The fourth-order valence-corrected chi connectivity index (χ4v) is 2.72. The highest BCUT2D eigenvalue weighted by Gasteiger charge is 2.36. The van der Waals surface area contributed by atoms with Crippen molar-refractivity contribution in [3.8, 4) is 0 Å². The minimum Gasteiger partial charge on any atom is -0.368 e. The molecule has 0 saturated carbocycles. The molecule has 0 N–H and O–H groups in total. The lowest BCUT2D eigenvalue weighted by Crippen LogP contribution is -2.54. The number of ether oxygens (including phenoxy) is 1. The summed E-state index contributed by atoms with van der Waals surface area (Å²) >= 11 is 5.68. The highest BCUT2D eigenvalue weighted by molar-refractivity contribution is 7.88. The van der Waals surface area contributed by atoms with Crippen molar-refractivity contribution >= 4 is 21.6 Å². The second-order valence-corrected chi connectivity index (χ2v) is 6.50. The summed E-state index contributed by atoms with van der Waals surface area (Å²) in [7, 11) is -3.15. The van der Waals surface area contributed by atoms with Gasteiger partial charge in [0.2, 0.25) is 10.0 Å². The number of sulfonamides is 1. The second kappa shape index (κ2) is 3.96. The average Bonchev–Trinajstić information content (AvgIpc) is 1.99. The predicted octanol–water partition coefficient (Wildman–Crippen LogP) is 0.664. The van der Waals surface area contributed by atoms with E-state index in [1.165, 1.54) is 10.6 Å². The van der Waals surface area contributed by atoms with Crippen LogP contribution in [-0.4, -0.2) is 49.7 Å². The van der Waals surface area contributed by atoms with Crippen LogP contribution >= 0.6 is 11.6 Å². The lowest BCUT2D eigenvalue weighted by Gasteiger charge is -2.40. The molecule has 0 amide bonds. The van der Waals surface area contributed by atoms with Crippen molar-refractivity contribution in [3.63, 3.8) is 0 Å². The second-order valence-electron chi connectivity index (χ2n) is 4.21. The molecule has 1 aliphatic rings. The van der Waals surface area contributed by atoms with E-state index in [0.29, 0.717) is 19.0 Å². The Kier molecular flexibility index (Phi) is 3.46. The zero-order chi connectivity index (χ0) is 11.0. The molecule has 1 unspecified atom stereocenters. The number of hydrogen-bond donors (Lipinski definition) is 0. The van der Waals surface area contributed by atoms with Crippen molar-refractivity contribution < 1.29 is 13.2 Å². The highest BCUT2D eigenvalue weighted by atomic mass is 35.5. The van der Waals surface area contributed by atoms with Gasteiger partial charge in [-0.1, -0.05) is 0 Å². The van der Waals surface area contributed by atoms with Gasteiger partial charge in [-0.15, -0.1) is 11.6 Å². The van der Waals surface area contributed by atoms with Gasteiger partial charge >= 0.3 is 0 Å². The molecule has 0 radical (unpaired) electrons. The largest absolute Gasteiger partial charge is 0.368 e. The van der Waals surface area contributed by atoms with Gasteiger partial charge in [0.15, 0.2) is 0 Å². The highest BCUT2D eigenvalue weighted by Crippen LogP contribution is 2.23. The average molecular weight is 242 g/mol. The predicted molar refractivity (Wildman–Crippen MR) is 56.1 cm³/mol. The van der Waals surface area contributed by atoms with Crippen LogP contribution in [-0.2, 0) is 14.8 Å². The zero-order valence-electron chi connectivity index (χ0n) is 8.66. The van der Waals surface area contributed by atoms with Gasteiger partial charge in [-0.2, -0.15) is 4.31 Å². The van der Waals surface area contributed by atoms with Crippen LogP contribution in [0.2, 0.25) is 0 Å². The van der Waals surface area contributed by atoms with Crippen molar-refractivity contribution in [3.05, 3.63) is 0 Å². The Morgan fingerprint density at radius 3 is 2.57 bits per heavy atom. The number of nitrogens with zero attached hydrogens (tertiary/aromatic N) is 1. The zero-order valence-corrected chi connectivity index (χ0v) is 10.2. The van der Waals surface area contributed by atoms with E-state index in [1.54, 1.807) is 0 Å². The molecular formula is C8H16ClNO3S. The summed E-state index contributed by atoms with van der Waals surface area (Å²) in [6, 6.07) is 0. The first-order valence-corrected chi connectivity index (χ1v) is 6.82. The standard InChI is InChI=1S/C8H16ClNO3S/c1-8(2)6-10(14(3,11)12)5-7(4-9)13-8/h7H,4-6H2,1-3H3. The number of morpholine rings is 1. The number of hydrogen-bond acceptors (Lipinski definition) is 3. The molecule has 0 aliphatic carbocycles. The molecular weight excluding hydrogens is 226 g/mol. The maximum Gasteiger partial charge on any atom is 0.211 e. The number of alkyl halides is 1. The van der Waals surface area contributed by atoms with Gasteiger partial charge in [0.05, 0.1) is 18.0 Å². The molecule has 1 saturated heterocycles. The van der Waals surface area contributed by atoms with Gasteiger partial charge in [0, 0.05) is 19.0 Å². The van der Waals surface area contributed by atoms with Gasteiger partial charge in [0.25, 0.3) is 0 Å². The minimum atomic E-state index is -3.15. The molecule has 0 aromatic carbocycles. The third-order valence-electron chi connectivity index (χ3n) is 2.09. The van der Waals surface area contributed by atoms with E-state index in [9.17, 15) is 8.42 Å².